The van der Waals surface area contributed by atoms with Crippen molar-refractivity contribution in [3.63, 3.8) is 0 Å². The predicted octanol–water partition coefficient (Wildman–Crippen LogP) is 3.25. The number of hydrogen-bond donors (Lipinski definition) is 1. The fraction of sp³-hybridized carbons (Fsp3) is 0.263. The van der Waals surface area contributed by atoms with Crippen LogP contribution in [0.2, 0.25) is 0 Å². The van der Waals surface area contributed by atoms with Crippen molar-refractivity contribution in [2.24, 2.45) is 0 Å². The number of ketones is 1. The van der Waals surface area contributed by atoms with Crippen molar-refractivity contribution in [2.45, 2.75) is 37.3 Å². The van der Waals surface area contributed by atoms with Crippen LogP contribution >= 0.6 is 0 Å². The van der Waals surface area contributed by atoms with Crippen LogP contribution in [0.4, 0.5) is 5.69 Å². The SMILES string of the molecule is CC(=O)c1ccc(NC(=O)Cc2ccc(S(=O)(=O)C(C)C)cc2)cc1. The summed E-state index contributed by atoms with van der Waals surface area (Å²) >= 11 is 0. The van der Waals surface area contributed by atoms with Gasteiger partial charge in [0.15, 0.2) is 15.6 Å². The number of amides is 1. The summed E-state index contributed by atoms with van der Waals surface area (Å²) in [5.74, 6) is -0.246. The molecule has 6 heteroatoms. The molecule has 0 aliphatic rings. The number of nitrogens with one attached hydrogen (secondary N) is 1. The summed E-state index contributed by atoms with van der Waals surface area (Å²) in [4.78, 5) is 23.6. The van der Waals surface area contributed by atoms with E-state index >= 15 is 0 Å². The molecule has 0 spiro atoms. The van der Waals surface area contributed by atoms with Gasteiger partial charge in [0, 0.05) is 11.3 Å². The summed E-state index contributed by atoms with van der Waals surface area (Å²) in [5.41, 5.74) is 1.91. The van der Waals surface area contributed by atoms with Crippen LogP contribution in [0.15, 0.2) is 53.4 Å². The fourth-order valence-electron chi connectivity index (χ4n) is 2.25. The van der Waals surface area contributed by atoms with Gasteiger partial charge in [-0.25, -0.2) is 8.42 Å². The topological polar surface area (TPSA) is 80.3 Å². The molecule has 132 valence electrons. The molecule has 2 rings (SSSR count). The number of Topliss-reactive ketones (excluding diaryl/α,β-unsaturated/α-hetero) is 1. The summed E-state index contributed by atoms with van der Waals surface area (Å²) in [7, 11) is -3.31. The maximum atomic E-state index is 12.1. The van der Waals surface area contributed by atoms with Crippen LogP contribution in [0.5, 0.6) is 0 Å². The highest BCUT2D eigenvalue weighted by atomic mass is 32.2. The van der Waals surface area contributed by atoms with E-state index in [1.165, 1.54) is 19.1 Å². The molecule has 0 unspecified atom stereocenters. The maximum absolute atomic E-state index is 12.1. The van der Waals surface area contributed by atoms with Gasteiger partial charge in [-0.15, -0.1) is 0 Å². The Morgan fingerprint density at radius 3 is 2.00 bits per heavy atom. The summed E-state index contributed by atoms with van der Waals surface area (Å²) in [6.07, 6.45) is 0.135. The lowest BCUT2D eigenvalue weighted by Crippen LogP contribution is -2.15. The molecule has 5 nitrogen and oxygen atoms in total. The molecular formula is C19H21NO4S. The summed E-state index contributed by atoms with van der Waals surface area (Å²) in [6, 6.07) is 13.0. The number of carbonyl (C=O) groups excluding carboxylic acids is 2. The quantitative estimate of drug-likeness (QED) is 0.803. The van der Waals surface area contributed by atoms with E-state index in [1.807, 2.05) is 0 Å². The molecule has 0 saturated heterocycles. The highest BCUT2D eigenvalue weighted by molar-refractivity contribution is 7.92. The zero-order valence-electron chi connectivity index (χ0n) is 14.4. The zero-order chi connectivity index (χ0) is 18.6. The molecule has 25 heavy (non-hydrogen) atoms. The molecule has 0 bridgehead atoms. The van der Waals surface area contributed by atoms with Crippen molar-refractivity contribution in [1.29, 1.82) is 0 Å². The molecule has 2 aromatic rings. The average molecular weight is 359 g/mol. The van der Waals surface area contributed by atoms with Crippen LogP contribution < -0.4 is 5.32 Å². The van der Waals surface area contributed by atoms with E-state index in [0.29, 0.717) is 11.3 Å². The number of hydrogen-bond acceptors (Lipinski definition) is 4. The van der Waals surface area contributed by atoms with E-state index in [4.69, 9.17) is 0 Å². The Bertz CT molecular complexity index is 867. The fourth-order valence-corrected chi connectivity index (χ4v) is 3.31. The Labute approximate surface area is 148 Å². The van der Waals surface area contributed by atoms with Gasteiger partial charge in [0.2, 0.25) is 5.91 Å². The molecule has 1 N–H and O–H groups in total. The molecule has 0 aliphatic carbocycles. The summed E-state index contributed by atoms with van der Waals surface area (Å²) in [6.45, 7) is 4.75. The Morgan fingerprint density at radius 1 is 0.960 bits per heavy atom. The second kappa shape index (κ2) is 7.61. The van der Waals surface area contributed by atoms with Crippen molar-refractivity contribution in [2.75, 3.05) is 5.32 Å². The van der Waals surface area contributed by atoms with Crippen molar-refractivity contribution >= 4 is 27.2 Å². The van der Waals surface area contributed by atoms with E-state index in [2.05, 4.69) is 5.32 Å². The number of anilines is 1. The molecule has 0 aliphatic heterocycles. The van der Waals surface area contributed by atoms with E-state index in [1.54, 1.807) is 50.2 Å². The molecule has 0 radical (unpaired) electrons. The highest BCUT2D eigenvalue weighted by Gasteiger charge is 2.18. The van der Waals surface area contributed by atoms with Gasteiger partial charge in [0.05, 0.1) is 16.6 Å². The molecule has 0 saturated carbocycles. The maximum Gasteiger partial charge on any atom is 0.228 e. The first-order valence-corrected chi connectivity index (χ1v) is 9.48. The average Bonchev–Trinajstić information content (AvgIpc) is 2.55. The minimum Gasteiger partial charge on any atom is -0.326 e. The Hall–Kier alpha value is -2.47. The van der Waals surface area contributed by atoms with Gasteiger partial charge in [-0.3, -0.25) is 9.59 Å². The van der Waals surface area contributed by atoms with Crippen LogP contribution in [0.25, 0.3) is 0 Å². The Kier molecular flexibility index (Phi) is 5.74. The lowest BCUT2D eigenvalue weighted by Gasteiger charge is -2.09. The Morgan fingerprint density at radius 2 is 1.52 bits per heavy atom. The third-order valence-electron chi connectivity index (χ3n) is 3.81. The van der Waals surface area contributed by atoms with Gasteiger partial charge < -0.3 is 5.32 Å². The van der Waals surface area contributed by atoms with Crippen LogP contribution in [0, 0.1) is 0 Å². The molecular weight excluding hydrogens is 338 g/mol. The minimum absolute atomic E-state index is 0.0330. The van der Waals surface area contributed by atoms with E-state index in [0.717, 1.165) is 5.56 Å². The molecule has 1 amide bonds. The zero-order valence-corrected chi connectivity index (χ0v) is 15.3. The third-order valence-corrected chi connectivity index (χ3v) is 5.98. The molecule has 0 atom stereocenters. The van der Waals surface area contributed by atoms with E-state index in [9.17, 15) is 18.0 Å². The third kappa shape index (κ3) is 4.76. The largest absolute Gasteiger partial charge is 0.326 e. The second-order valence-electron chi connectivity index (χ2n) is 6.10. The van der Waals surface area contributed by atoms with Crippen LogP contribution in [-0.4, -0.2) is 25.4 Å². The van der Waals surface area contributed by atoms with Crippen molar-refractivity contribution in [1.82, 2.24) is 0 Å². The number of benzene rings is 2. The monoisotopic (exact) mass is 359 g/mol. The number of rotatable bonds is 6. The molecule has 0 aromatic heterocycles. The van der Waals surface area contributed by atoms with Gasteiger partial charge in [-0.2, -0.15) is 0 Å². The minimum atomic E-state index is -3.31. The van der Waals surface area contributed by atoms with Crippen LogP contribution in [-0.2, 0) is 21.1 Å². The first-order valence-electron chi connectivity index (χ1n) is 7.94. The summed E-state index contributed by atoms with van der Waals surface area (Å²) < 4.78 is 24.2. The smallest absolute Gasteiger partial charge is 0.228 e. The normalized spacial score (nSPS) is 11.4. The van der Waals surface area contributed by atoms with Gasteiger partial charge in [-0.1, -0.05) is 12.1 Å². The Balaban J connectivity index is 2.02. The first kappa shape index (κ1) is 18.9. The summed E-state index contributed by atoms with van der Waals surface area (Å²) in [5, 5.41) is 2.26. The molecule has 0 heterocycles. The van der Waals surface area contributed by atoms with Crippen LogP contribution in [0.1, 0.15) is 36.7 Å². The van der Waals surface area contributed by atoms with E-state index in [-0.39, 0.29) is 23.0 Å². The lowest BCUT2D eigenvalue weighted by molar-refractivity contribution is -0.115. The standard InChI is InChI=1S/C19H21NO4S/c1-13(2)25(23,24)18-10-4-15(5-11-18)12-19(22)20-17-8-6-16(7-9-17)14(3)21/h4-11,13H,12H2,1-3H3,(H,20,22). The van der Waals surface area contributed by atoms with Gasteiger partial charge in [-0.05, 0) is 62.7 Å². The highest BCUT2D eigenvalue weighted by Crippen LogP contribution is 2.17. The second-order valence-corrected chi connectivity index (χ2v) is 8.60. The lowest BCUT2D eigenvalue weighted by atomic mass is 10.1. The van der Waals surface area contributed by atoms with Gasteiger partial charge in [0.25, 0.3) is 0 Å². The van der Waals surface area contributed by atoms with E-state index < -0.39 is 15.1 Å². The van der Waals surface area contributed by atoms with Crippen molar-refractivity contribution in [3.05, 3.63) is 59.7 Å². The number of sulfone groups is 1. The number of carbonyl (C=O) groups is 2. The van der Waals surface area contributed by atoms with Crippen LogP contribution in [0.3, 0.4) is 0 Å². The van der Waals surface area contributed by atoms with Gasteiger partial charge >= 0.3 is 0 Å². The molecule has 0 fully saturated rings. The van der Waals surface area contributed by atoms with Crippen molar-refractivity contribution in [3.8, 4) is 0 Å². The molecule has 2 aromatic carbocycles. The van der Waals surface area contributed by atoms with Gasteiger partial charge in [0.1, 0.15) is 0 Å². The van der Waals surface area contributed by atoms with Crippen molar-refractivity contribution < 1.29 is 18.0 Å². The first-order chi connectivity index (χ1) is 11.7. The predicted molar refractivity (Wildman–Crippen MR) is 97.5 cm³/mol.